The van der Waals surface area contributed by atoms with E-state index in [1.54, 1.807) is 18.2 Å². The summed E-state index contributed by atoms with van der Waals surface area (Å²) in [6.07, 6.45) is -4.47. The van der Waals surface area contributed by atoms with Gasteiger partial charge in [0.1, 0.15) is 11.5 Å². The minimum Gasteiger partial charge on any atom is -0.382 e. The molecular weight excluding hydrogens is 219 g/mol. The van der Waals surface area contributed by atoms with Crippen molar-refractivity contribution in [2.45, 2.75) is 6.18 Å². The summed E-state index contributed by atoms with van der Waals surface area (Å²) in [5, 5.41) is 3.62. The number of hydrogen-bond donors (Lipinski definition) is 1. The molecule has 0 saturated carbocycles. The smallest absolute Gasteiger partial charge is 0.382 e. The molecule has 0 aliphatic rings. The lowest BCUT2D eigenvalue weighted by molar-refractivity contribution is -0.142. The molecule has 2 N–H and O–H groups in total. The zero-order chi connectivity index (χ0) is 11.8. The van der Waals surface area contributed by atoms with E-state index in [0.29, 0.717) is 5.69 Å². The van der Waals surface area contributed by atoms with Gasteiger partial charge in [-0.1, -0.05) is 18.2 Å². The van der Waals surface area contributed by atoms with Gasteiger partial charge in [-0.2, -0.15) is 18.3 Å². The second-order valence-corrected chi connectivity index (χ2v) is 3.20. The first-order valence-electron chi connectivity index (χ1n) is 4.46. The molecule has 0 spiro atoms. The van der Waals surface area contributed by atoms with E-state index in [0.717, 1.165) is 10.7 Å². The predicted octanol–water partition coefficient (Wildman–Crippen LogP) is 2.47. The van der Waals surface area contributed by atoms with E-state index in [1.165, 1.54) is 12.1 Å². The highest BCUT2D eigenvalue weighted by atomic mass is 19.4. The molecule has 6 heteroatoms. The molecular formula is C10H8F3N3. The predicted molar refractivity (Wildman–Crippen MR) is 53.0 cm³/mol. The quantitative estimate of drug-likeness (QED) is 0.813. The minimum atomic E-state index is -4.47. The molecule has 0 aliphatic heterocycles. The van der Waals surface area contributed by atoms with Crippen molar-refractivity contribution < 1.29 is 13.2 Å². The van der Waals surface area contributed by atoms with Crippen LogP contribution in [-0.4, -0.2) is 9.78 Å². The van der Waals surface area contributed by atoms with Crippen LogP contribution in [0.1, 0.15) is 5.69 Å². The van der Waals surface area contributed by atoms with Crippen LogP contribution in [0.2, 0.25) is 0 Å². The maximum Gasteiger partial charge on any atom is 0.433 e. The highest BCUT2D eigenvalue weighted by molar-refractivity contribution is 5.39. The first-order chi connectivity index (χ1) is 7.48. The van der Waals surface area contributed by atoms with E-state index in [9.17, 15) is 13.2 Å². The van der Waals surface area contributed by atoms with Gasteiger partial charge in [-0.15, -0.1) is 0 Å². The summed E-state index contributed by atoms with van der Waals surface area (Å²) in [6, 6.07) is 8.85. The Balaban J connectivity index is 2.58. The first-order valence-corrected chi connectivity index (χ1v) is 4.46. The fourth-order valence-corrected chi connectivity index (χ4v) is 1.37. The second-order valence-electron chi connectivity index (χ2n) is 3.20. The number of aromatic nitrogens is 2. The number of nitrogens with two attached hydrogens (primary N) is 1. The standard InChI is InChI=1S/C10H8F3N3/c11-10(12,13)8-6-9(14)15-16(8)7-4-2-1-3-5-7/h1-6H,(H2,14,15). The van der Waals surface area contributed by atoms with Gasteiger partial charge in [0.05, 0.1) is 5.69 Å². The monoisotopic (exact) mass is 227 g/mol. The third-order valence-electron chi connectivity index (χ3n) is 2.02. The van der Waals surface area contributed by atoms with Crippen molar-refractivity contribution in [2.75, 3.05) is 5.73 Å². The fraction of sp³-hybridized carbons (Fsp3) is 0.100. The van der Waals surface area contributed by atoms with E-state index in [-0.39, 0.29) is 5.82 Å². The molecule has 0 fully saturated rings. The number of anilines is 1. The molecule has 0 unspecified atom stereocenters. The SMILES string of the molecule is Nc1cc(C(F)(F)F)n(-c2ccccc2)n1. The topological polar surface area (TPSA) is 43.8 Å². The van der Waals surface area contributed by atoms with Crippen LogP contribution in [0.4, 0.5) is 19.0 Å². The number of rotatable bonds is 1. The lowest BCUT2D eigenvalue weighted by atomic mass is 10.3. The summed E-state index contributed by atoms with van der Waals surface area (Å²) in [6.45, 7) is 0. The van der Waals surface area contributed by atoms with Gasteiger partial charge >= 0.3 is 6.18 Å². The molecule has 1 aromatic heterocycles. The van der Waals surface area contributed by atoms with Gasteiger partial charge in [-0.25, -0.2) is 4.68 Å². The van der Waals surface area contributed by atoms with Crippen molar-refractivity contribution >= 4 is 5.82 Å². The number of nitrogen functional groups attached to an aromatic ring is 1. The van der Waals surface area contributed by atoms with Crippen molar-refractivity contribution in [1.29, 1.82) is 0 Å². The number of alkyl halides is 3. The van der Waals surface area contributed by atoms with Crippen LogP contribution >= 0.6 is 0 Å². The summed E-state index contributed by atoms with van der Waals surface area (Å²) >= 11 is 0. The maximum absolute atomic E-state index is 12.6. The molecule has 2 aromatic rings. The average molecular weight is 227 g/mol. The van der Waals surface area contributed by atoms with Gasteiger partial charge in [0.25, 0.3) is 0 Å². The van der Waals surface area contributed by atoms with Gasteiger partial charge in [0.2, 0.25) is 0 Å². The molecule has 0 radical (unpaired) electrons. The van der Waals surface area contributed by atoms with Gasteiger partial charge in [0, 0.05) is 6.07 Å². The largest absolute Gasteiger partial charge is 0.433 e. The van der Waals surface area contributed by atoms with Crippen LogP contribution in [0.5, 0.6) is 0 Å². The number of para-hydroxylation sites is 1. The van der Waals surface area contributed by atoms with Gasteiger partial charge in [-0.3, -0.25) is 0 Å². The fourth-order valence-electron chi connectivity index (χ4n) is 1.37. The van der Waals surface area contributed by atoms with Crippen LogP contribution in [0.3, 0.4) is 0 Å². The van der Waals surface area contributed by atoms with E-state index in [4.69, 9.17) is 5.73 Å². The Morgan fingerprint density at radius 1 is 1.12 bits per heavy atom. The Hall–Kier alpha value is -1.98. The molecule has 0 aliphatic carbocycles. The molecule has 2 rings (SSSR count). The summed E-state index contributed by atoms with van der Waals surface area (Å²) < 4.78 is 38.7. The summed E-state index contributed by atoms with van der Waals surface area (Å²) in [4.78, 5) is 0. The summed E-state index contributed by atoms with van der Waals surface area (Å²) in [5.41, 5.74) is 4.73. The van der Waals surface area contributed by atoms with Crippen LogP contribution in [0.25, 0.3) is 5.69 Å². The first kappa shape index (κ1) is 10.5. The number of halogens is 3. The molecule has 0 saturated heterocycles. The van der Waals surface area contributed by atoms with E-state index < -0.39 is 11.9 Å². The van der Waals surface area contributed by atoms with Crippen molar-refractivity contribution in [3.8, 4) is 5.69 Å². The van der Waals surface area contributed by atoms with Gasteiger partial charge in [0.15, 0.2) is 0 Å². The Morgan fingerprint density at radius 2 is 1.75 bits per heavy atom. The molecule has 0 amide bonds. The van der Waals surface area contributed by atoms with Crippen LogP contribution in [-0.2, 0) is 6.18 Å². The Morgan fingerprint density at radius 3 is 2.31 bits per heavy atom. The van der Waals surface area contributed by atoms with Crippen molar-refractivity contribution in [3.63, 3.8) is 0 Å². The Kier molecular flexibility index (Phi) is 2.34. The van der Waals surface area contributed by atoms with Crippen molar-refractivity contribution in [3.05, 3.63) is 42.1 Å². The number of hydrogen-bond acceptors (Lipinski definition) is 2. The van der Waals surface area contributed by atoms with Gasteiger partial charge in [-0.05, 0) is 12.1 Å². The van der Waals surface area contributed by atoms with E-state index in [1.807, 2.05) is 0 Å². The summed E-state index contributed by atoms with van der Waals surface area (Å²) in [7, 11) is 0. The Labute approximate surface area is 89.3 Å². The van der Waals surface area contributed by atoms with Crippen molar-refractivity contribution in [1.82, 2.24) is 9.78 Å². The van der Waals surface area contributed by atoms with E-state index >= 15 is 0 Å². The highest BCUT2D eigenvalue weighted by Crippen LogP contribution is 2.31. The van der Waals surface area contributed by atoms with Crippen LogP contribution in [0.15, 0.2) is 36.4 Å². The van der Waals surface area contributed by atoms with Crippen LogP contribution in [0, 0.1) is 0 Å². The zero-order valence-electron chi connectivity index (χ0n) is 8.07. The zero-order valence-corrected chi connectivity index (χ0v) is 8.07. The molecule has 3 nitrogen and oxygen atoms in total. The normalized spacial score (nSPS) is 11.7. The minimum absolute atomic E-state index is 0.156. The third kappa shape index (κ3) is 1.86. The third-order valence-corrected chi connectivity index (χ3v) is 2.02. The molecule has 1 aromatic carbocycles. The van der Waals surface area contributed by atoms with Crippen LogP contribution < -0.4 is 5.73 Å². The molecule has 0 bridgehead atoms. The molecule has 16 heavy (non-hydrogen) atoms. The van der Waals surface area contributed by atoms with Gasteiger partial charge < -0.3 is 5.73 Å². The highest BCUT2D eigenvalue weighted by Gasteiger charge is 2.36. The number of nitrogens with zero attached hydrogens (tertiary/aromatic N) is 2. The lowest BCUT2D eigenvalue weighted by Crippen LogP contribution is -2.13. The summed E-state index contributed by atoms with van der Waals surface area (Å²) in [5.74, 6) is -0.156. The number of benzene rings is 1. The second kappa shape index (κ2) is 3.55. The lowest BCUT2D eigenvalue weighted by Gasteiger charge is -2.09. The van der Waals surface area contributed by atoms with Crippen molar-refractivity contribution in [2.24, 2.45) is 0 Å². The molecule has 84 valence electrons. The maximum atomic E-state index is 12.6. The van der Waals surface area contributed by atoms with E-state index in [2.05, 4.69) is 5.10 Å². The molecule has 1 heterocycles. The molecule has 0 atom stereocenters. The Bertz CT molecular complexity index is 488. The average Bonchev–Trinajstić information content (AvgIpc) is 2.61.